The molecule has 0 bridgehead atoms. The molecule has 0 aliphatic carbocycles. The number of rotatable bonds is 5. The zero-order valence-electron chi connectivity index (χ0n) is 18.2. The van der Waals surface area contributed by atoms with E-state index in [0.29, 0.717) is 34.4 Å². The van der Waals surface area contributed by atoms with Gasteiger partial charge < -0.3 is 10.6 Å². The number of nitrogens with one attached hydrogen (secondary N) is 2. The third-order valence-corrected chi connectivity index (χ3v) is 5.92. The van der Waals surface area contributed by atoms with Crippen LogP contribution in [0.3, 0.4) is 0 Å². The molecule has 2 N–H and O–H groups in total. The zero-order chi connectivity index (χ0) is 22.6. The van der Waals surface area contributed by atoms with Crippen molar-refractivity contribution in [1.29, 1.82) is 0 Å². The number of benzene rings is 2. The molecule has 2 aromatic rings. The number of hydrogen-bond acceptors (Lipinski definition) is 3. The van der Waals surface area contributed by atoms with Gasteiger partial charge in [0.2, 0.25) is 5.91 Å². The number of hydrogen-bond donors (Lipinski definition) is 2. The molecule has 1 aliphatic heterocycles. The number of anilines is 1. The molecule has 0 spiro atoms. The number of nitrogens with zero attached hydrogens (tertiary/aromatic N) is 1. The molecule has 0 aromatic heterocycles. The summed E-state index contributed by atoms with van der Waals surface area (Å²) in [6.07, 6.45) is 1.76. The highest BCUT2D eigenvalue weighted by Crippen LogP contribution is 2.26. The van der Waals surface area contributed by atoms with E-state index in [-0.39, 0.29) is 23.3 Å². The Morgan fingerprint density at radius 1 is 1.10 bits per heavy atom. The molecular weight excluding hydrogens is 433 g/mol. The van der Waals surface area contributed by atoms with Crippen LogP contribution in [-0.4, -0.2) is 35.3 Å². The van der Waals surface area contributed by atoms with E-state index in [2.05, 4.69) is 15.5 Å². The second-order valence-corrected chi connectivity index (χ2v) is 9.88. The number of likely N-dealkylation sites (tertiary alicyclic amines) is 1. The normalized spacial score (nSPS) is 17.3. The Labute approximate surface area is 194 Å². The van der Waals surface area contributed by atoms with Gasteiger partial charge in [0, 0.05) is 18.6 Å². The first-order valence-electron chi connectivity index (χ1n) is 10.5. The fourth-order valence-corrected chi connectivity index (χ4v) is 4.06. The minimum absolute atomic E-state index is 0.0603. The molecule has 1 unspecified atom stereocenters. The van der Waals surface area contributed by atoms with E-state index < -0.39 is 0 Å². The van der Waals surface area contributed by atoms with E-state index in [1.54, 1.807) is 24.3 Å². The molecule has 1 atom stereocenters. The summed E-state index contributed by atoms with van der Waals surface area (Å²) in [7, 11) is 0. The second kappa shape index (κ2) is 10.0. The maximum Gasteiger partial charge on any atom is 0.253 e. The molecule has 2 aromatic carbocycles. The summed E-state index contributed by atoms with van der Waals surface area (Å²) in [5, 5.41) is 7.01. The summed E-state index contributed by atoms with van der Waals surface area (Å²) >= 11 is 12.1. The van der Waals surface area contributed by atoms with Crippen molar-refractivity contribution in [3.63, 3.8) is 0 Å². The van der Waals surface area contributed by atoms with Crippen LogP contribution >= 0.6 is 23.2 Å². The van der Waals surface area contributed by atoms with Crippen molar-refractivity contribution in [2.24, 2.45) is 5.92 Å². The van der Waals surface area contributed by atoms with Gasteiger partial charge >= 0.3 is 0 Å². The highest BCUT2D eigenvalue weighted by molar-refractivity contribution is 6.42. The van der Waals surface area contributed by atoms with Gasteiger partial charge in [-0.2, -0.15) is 0 Å². The zero-order valence-corrected chi connectivity index (χ0v) is 19.7. The smallest absolute Gasteiger partial charge is 0.253 e. The van der Waals surface area contributed by atoms with Gasteiger partial charge in [0.05, 0.1) is 27.2 Å². The molecule has 166 valence electrons. The highest BCUT2D eigenvalue weighted by Gasteiger charge is 2.27. The van der Waals surface area contributed by atoms with Crippen molar-refractivity contribution in [3.8, 4) is 0 Å². The summed E-state index contributed by atoms with van der Waals surface area (Å²) in [4.78, 5) is 27.9. The molecule has 3 rings (SSSR count). The first kappa shape index (κ1) is 23.6. The van der Waals surface area contributed by atoms with Crippen molar-refractivity contribution in [3.05, 3.63) is 63.6 Å². The Morgan fingerprint density at radius 2 is 1.84 bits per heavy atom. The lowest BCUT2D eigenvalue weighted by Gasteiger charge is -2.32. The minimum Gasteiger partial charge on any atom is -0.347 e. The van der Waals surface area contributed by atoms with Crippen molar-refractivity contribution >= 4 is 40.7 Å². The van der Waals surface area contributed by atoms with Crippen molar-refractivity contribution in [2.45, 2.75) is 45.7 Å². The second-order valence-electron chi connectivity index (χ2n) is 9.06. The molecule has 0 saturated carbocycles. The van der Waals surface area contributed by atoms with E-state index in [0.717, 1.165) is 24.9 Å². The van der Waals surface area contributed by atoms with Crippen LogP contribution in [0.1, 0.15) is 49.5 Å². The maximum atomic E-state index is 13.0. The van der Waals surface area contributed by atoms with Crippen LogP contribution in [0.25, 0.3) is 0 Å². The number of carbonyl (C=O) groups excluding carboxylic acids is 2. The SMILES string of the molecule is CC(C)(C)NC(=O)c1ccccc1NC(=O)C1CCCN(Cc2ccc(Cl)c(Cl)c2)C1. The first-order valence-corrected chi connectivity index (χ1v) is 11.3. The first-order chi connectivity index (χ1) is 14.6. The van der Waals surface area contributed by atoms with Crippen LogP contribution in [0.15, 0.2) is 42.5 Å². The molecule has 1 saturated heterocycles. The molecule has 2 amide bonds. The van der Waals surface area contributed by atoms with Gasteiger partial charge in [-0.25, -0.2) is 0 Å². The third kappa shape index (κ3) is 6.70. The van der Waals surface area contributed by atoms with Crippen molar-refractivity contribution < 1.29 is 9.59 Å². The lowest BCUT2D eigenvalue weighted by atomic mass is 9.96. The average Bonchev–Trinajstić information content (AvgIpc) is 2.70. The van der Waals surface area contributed by atoms with Gasteiger partial charge in [0.25, 0.3) is 5.91 Å². The topological polar surface area (TPSA) is 61.4 Å². The van der Waals surface area contributed by atoms with Crippen LogP contribution in [0.2, 0.25) is 10.0 Å². The Balaban J connectivity index is 1.65. The maximum absolute atomic E-state index is 13.0. The Hall–Kier alpha value is -2.08. The number of halogens is 2. The molecule has 1 fully saturated rings. The lowest BCUT2D eigenvalue weighted by Crippen LogP contribution is -2.42. The molecular formula is C24H29Cl2N3O2. The largest absolute Gasteiger partial charge is 0.347 e. The lowest BCUT2D eigenvalue weighted by molar-refractivity contribution is -0.121. The summed E-state index contributed by atoms with van der Waals surface area (Å²) in [5.74, 6) is -0.404. The molecule has 5 nitrogen and oxygen atoms in total. The number of amides is 2. The van der Waals surface area contributed by atoms with Gasteiger partial charge in [0.15, 0.2) is 0 Å². The van der Waals surface area contributed by atoms with Crippen LogP contribution in [0, 0.1) is 5.92 Å². The standard InChI is InChI=1S/C24H29Cl2N3O2/c1-24(2,3)28-23(31)18-8-4-5-9-21(18)27-22(30)17-7-6-12-29(15-17)14-16-10-11-19(25)20(26)13-16/h4-5,8-11,13,17H,6-7,12,14-15H2,1-3H3,(H,27,30)(H,28,31). The summed E-state index contributed by atoms with van der Waals surface area (Å²) < 4.78 is 0. The Morgan fingerprint density at radius 3 is 2.55 bits per heavy atom. The van der Waals surface area contributed by atoms with Gasteiger partial charge in [0.1, 0.15) is 0 Å². The van der Waals surface area contributed by atoms with Crippen molar-refractivity contribution in [1.82, 2.24) is 10.2 Å². The minimum atomic E-state index is -0.358. The van der Waals surface area contributed by atoms with Crippen LogP contribution in [-0.2, 0) is 11.3 Å². The number of carbonyl (C=O) groups is 2. The number of para-hydroxylation sites is 1. The predicted molar refractivity (Wildman–Crippen MR) is 127 cm³/mol. The fourth-order valence-electron chi connectivity index (χ4n) is 3.74. The van der Waals surface area contributed by atoms with Gasteiger partial charge in [-0.1, -0.05) is 41.4 Å². The van der Waals surface area contributed by atoms with E-state index in [1.165, 1.54) is 0 Å². The van der Waals surface area contributed by atoms with Gasteiger partial charge in [-0.05, 0) is 70.0 Å². The predicted octanol–water partition coefficient (Wildman–Crippen LogP) is 5.37. The molecule has 31 heavy (non-hydrogen) atoms. The Kier molecular flexibility index (Phi) is 7.63. The van der Waals surface area contributed by atoms with Crippen LogP contribution in [0.5, 0.6) is 0 Å². The monoisotopic (exact) mass is 461 g/mol. The molecule has 1 aliphatic rings. The van der Waals surface area contributed by atoms with E-state index in [9.17, 15) is 9.59 Å². The number of piperidine rings is 1. The molecule has 7 heteroatoms. The van der Waals surface area contributed by atoms with Crippen LogP contribution in [0.4, 0.5) is 5.69 Å². The Bertz CT molecular complexity index is 956. The summed E-state index contributed by atoms with van der Waals surface area (Å²) in [5.41, 5.74) is 1.72. The van der Waals surface area contributed by atoms with Gasteiger partial charge in [-0.3, -0.25) is 14.5 Å². The van der Waals surface area contributed by atoms with E-state index >= 15 is 0 Å². The summed E-state index contributed by atoms with van der Waals surface area (Å²) in [6.45, 7) is 8.08. The molecule has 1 heterocycles. The van der Waals surface area contributed by atoms with E-state index in [1.807, 2.05) is 39.0 Å². The third-order valence-electron chi connectivity index (χ3n) is 5.18. The van der Waals surface area contributed by atoms with Crippen molar-refractivity contribution in [2.75, 3.05) is 18.4 Å². The van der Waals surface area contributed by atoms with Crippen LogP contribution < -0.4 is 10.6 Å². The summed E-state index contributed by atoms with van der Waals surface area (Å²) in [6, 6.07) is 12.8. The fraction of sp³-hybridized carbons (Fsp3) is 0.417. The quantitative estimate of drug-likeness (QED) is 0.628. The van der Waals surface area contributed by atoms with E-state index in [4.69, 9.17) is 23.2 Å². The average molecular weight is 462 g/mol. The van der Waals surface area contributed by atoms with Gasteiger partial charge in [-0.15, -0.1) is 0 Å². The highest BCUT2D eigenvalue weighted by atomic mass is 35.5. The molecule has 0 radical (unpaired) electrons.